The second-order valence-electron chi connectivity index (χ2n) is 3.90. The van der Waals surface area contributed by atoms with Gasteiger partial charge in [0.25, 0.3) is 0 Å². The summed E-state index contributed by atoms with van der Waals surface area (Å²) in [7, 11) is 0. The van der Waals surface area contributed by atoms with Gasteiger partial charge in [-0.3, -0.25) is 9.89 Å². The summed E-state index contributed by atoms with van der Waals surface area (Å²) in [6.07, 6.45) is 2.64. The Morgan fingerprint density at radius 1 is 1.59 bits per heavy atom. The highest BCUT2D eigenvalue weighted by Crippen LogP contribution is 2.23. The van der Waals surface area contributed by atoms with E-state index in [1.54, 1.807) is 12.3 Å². The molecule has 1 heterocycles. The number of nitrogens with two attached hydrogens (primary N) is 1. The first kappa shape index (κ1) is 11.9. The van der Waals surface area contributed by atoms with Gasteiger partial charge < -0.3 is 10.8 Å². The van der Waals surface area contributed by atoms with Crippen molar-refractivity contribution in [3.63, 3.8) is 0 Å². The summed E-state index contributed by atoms with van der Waals surface area (Å²) in [5.74, 6) is -0.986. The molecule has 4 N–H and O–H groups in total. The van der Waals surface area contributed by atoms with Crippen LogP contribution in [0.2, 0.25) is 5.02 Å². The Morgan fingerprint density at radius 2 is 2.35 bits per heavy atom. The first-order chi connectivity index (χ1) is 8.08. The van der Waals surface area contributed by atoms with Gasteiger partial charge in [-0.25, -0.2) is 0 Å². The van der Waals surface area contributed by atoms with Crippen LogP contribution >= 0.6 is 11.6 Å². The first-order valence-electron chi connectivity index (χ1n) is 5.18. The zero-order valence-corrected chi connectivity index (χ0v) is 9.74. The fourth-order valence-corrected chi connectivity index (χ4v) is 1.95. The maximum atomic E-state index is 10.6. The molecule has 2 aromatic rings. The number of aromatic nitrogens is 2. The number of carbonyl (C=O) groups is 1. The number of carboxylic acid groups (broad SMARTS) is 1. The number of hydrogen-bond donors (Lipinski definition) is 3. The third kappa shape index (κ3) is 2.57. The number of fused-ring (bicyclic) bond motifs is 1. The molecule has 90 valence electrons. The molecule has 1 aromatic carbocycles. The molecule has 1 aromatic heterocycles. The van der Waals surface area contributed by atoms with Gasteiger partial charge in [0.05, 0.1) is 16.7 Å². The fourth-order valence-electron chi connectivity index (χ4n) is 1.66. The Bertz CT molecular complexity index is 553. The third-order valence-electron chi connectivity index (χ3n) is 2.62. The van der Waals surface area contributed by atoms with Gasteiger partial charge in [0.2, 0.25) is 0 Å². The van der Waals surface area contributed by atoms with E-state index in [1.165, 1.54) is 0 Å². The molecule has 0 amide bonds. The van der Waals surface area contributed by atoms with Crippen molar-refractivity contribution in [2.75, 3.05) is 0 Å². The zero-order chi connectivity index (χ0) is 12.4. The second-order valence-corrected chi connectivity index (χ2v) is 4.30. The fraction of sp³-hybridized carbons (Fsp3) is 0.273. The molecule has 0 aliphatic heterocycles. The normalized spacial score (nSPS) is 12.8. The molecular formula is C11H12ClN3O2. The number of nitrogens with zero attached hydrogens (tertiary/aromatic N) is 1. The van der Waals surface area contributed by atoms with Crippen LogP contribution < -0.4 is 5.73 Å². The molecule has 0 radical (unpaired) electrons. The number of aromatic amines is 1. The van der Waals surface area contributed by atoms with Crippen molar-refractivity contribution in [1.82, 2.24) is 10.2 Å². The van der Waals surface area contributed by atoms with E-state index in [9.17, 15) is 4.79 Å². The van der Waals surface area contributed by atoms with Gasteiger partial charge in [-0.2, -0.15) is 5.10 Å². The van der Waals surface area contributed by atoms with E-state index in [0.717, 1.165) is 16.5 Å². The van der Waals surface area contributed by atoms with Gasteiger partial charge in [0.15, 0.2) is 0 Å². The first-order valence-corrected chi connectivity index (χ1v) is 5.55. The van der Waals surface area contributed by atoms with Gasteiger partial charge in [-0.05, 0) is 30.5 Å². The molecule has 2 rings (SSSR count). The average Bonchev–Trinajstić information content (AvgIpc) is 2.74. The average molecular weight is 254 g/mol. The highest BCUT2D eigenvalue weighted by atomic mass is 35.5. The monoisotopic (exact) mass is 253 g/mol. The van der Waals surface area contributed by atoms with Crippen molar-refractivity contribution < 1.29 is 9.90 Å². The minimum Gasteiger partial charge on any atom is -0.480 e. The van der Waals surface area contributed by atoms with E-state index in [4.69, 9.17) is 22.4 Å². The highest BCUT2D eigenvalue weighted by Gasteiger charge is 2.12. The summed E-state index contributed by atoms with van der Waals surface area (Å²) in [6.45, 7) is 0. The predicted molar refractivity (Wildman–Crippen MR) is 65.0 cm³/mol. The van der Waals surface area contributed by atoms with Gasteiger partial charge >= 0.3 is 5.97 Å². The standard InChI is InChI=1S/C11H12ClN3O2/c12-8-4-6(1-2-9(13)11(16)17)3-7-5-14-15-10(7)8/h3-5,9H,1-2,13H2,(H,14,15)(H,16,17). The number of hydrogen-bond acceptors (Lipinski definition) is 3. The van der Waals surface area contributed by atoms with Crippen molar-refractivity contribution in [1.29, 1.82) is 0 Å². The van der Waals surface area contributed by atoms with E-state index in [2.05, 4.69) is 10.2 Å². The molecule has 5 nitrogen and oxygen atoms in total. The van der Waals surface area contributed by atoms with Gasteiger partial charge in [-0.1, -0.05) is 11.6 Å². The molecule has 0 bridgehead atoms. The lowest BCUT2D eigenvalue weighted by Gasteiger charge is -2.06. The Balaban J connectivity index is 2.16. The van der Waals surface area contributed by atoms with Crippen molar-refractivity contribution in [3.05, 3.63) is 28.9 Å². The van der Waals surface area contributed by atoms with E-state index in [-0.39, 0.29) is 0 Å². The van der Waals surface area contributed by atoms with Crippen molar-refractivity contribution in [2.45, 2.75) is 18.9 Å². The number of aryl methyl sites for hydroxylation is 1. The Kier molecular flexibility index (Phi) is 3.31. The van der Waals surface area contributed by atoms with Gasteiger partial charge in [0.1, 0.15) is 6.04 Å². The second kappa shape index (κ2) is 4.73. The van der Waals surface area contributed by atoms with Crippen LogP contribution in [0.15, 0.2) is 18.3 Å². The van der Waals surface area contributed by atoms with E-state index in [0.29, 0.717) is 17.9 Å². The number of rotatable bonds is 4. The molecule has 0 aliphatic rings. The molecule has 1 atom stereocenters. The number of carboxylic acids is 1. The van der Waals surface area contributed by atoms with Crippen LogP contribution in [0.3, 0.4) is 0 Å². The molecule has 0 saturated carbocycles. The summed E-state index contributed by atoms with van der Waals surface area (Å²) < 4.78 is 0. The molecule has 0 saturated heterocycles. The summed E-state index contributed by atoms with van der Waals surface area (Å²) in [5.41, 5.74) is 7.19. The summed E-state index contributed by atoms with van der Waals surface area (Å²) >= 11 is 6.06. The highest BCUT2D eigenvalue weighted by molar-refractivity contribution is 6.35. The minimum atomic E-state index is -0.986. The van der Waals surface area contributed by atoms with E-state index < -0.39 is 12.0 Å². The quantitative estimate of drug-likeness (QED) is 0.771. The van der Waals surface area contributed by atoms with Crippen LogP contribution in [0.5, 0.6) is 0 Å². The van der Waals surface area contributed by atoms with Crippen molar-refractivity contribution in [2.24, 2.45) is 5.73 Å². The summed E-state index contributed by atoms with van der Waals surface area (Å²) in [6, 6.07) is 2.89. The lowest BCUT2D eigenvalue weighted by atomic mass is 10.0. The third-order valence-corrected chi connectivity index (χ3v) is 2.92. The predicted octanol–water partition coefficient (Wildman–Crippen LogP) is 1.56. The summed E-state index contributed by atoms with van der Waals surface area (Å²) in [4.78, 5) is 10.6. The van der Waals surface area contributed by atoms with Gasteiger partial charge in [-0.15, -0.1) is 0 Å². The van der Waals surface area contributed by atoms with Crippen molar-refractivity contribution in [3.8, 4) is 0 Å². The Morgan fingerprint density at radius 3 is 3.06 bits per heavy atom. The van der Waals surface area contributed by atoms with Crippen molar-refractivity contribution >= 4 is 28.5 Å². The molecule has 6 heteroatoms. The maximum absolute atomic E-state index is 10.6. The maximum Gasteiger partial charge on any atom is 0.320 e. The Hall–Kier alpha value is -1.59. The number of benzene rings is 1. The molecule has 0 spiro atoms. The van der Waals surface area contributed by atoms with Crippen LogP contribution in [0.4, 0.5) is 0 Å². The van der Waals surface area contributed by atoms with Crippen LogP contribution in [0.25, 0.3) is 10.9 Å². The molecule has 17 heavy (non-hydrogen) atoms. The smallest absolute Gasteiger partial charge is 0.320 e. The SMILES string of the molecule is NC(CCc1cc(Cl)c2[nH]ncc2c1)C(=O)O. The number of H-pyrrole nitrogens is 1. The number of nitrogens with one attached hydrogen (secondary N) is 1. The molecule has 0 fully saturated rings. The summed E-state index contributed by atoms with van der Waals surface area (Å²) in [5, 5.41) is 16.9. The van der Waals surface area contributed by atoms with Crippen LogP contribution in [0, 0.1) is 0 Å². The van der Waals surface area contributed by atoms with Gasteiger partial charge in [0, 0.05) is 5.39 Å². The number of halogens is 1. The molecule has 1 unspecified atom stereocenters. The van der Waals surface area contributed by atoms with Crippen LogP contribution in [-0.4, -0.2) is 27.3 Å². The Labute approximate surface area is 103 Å². The minimum absolute atomic E-state index is 0.384. The molecule has 0 aliphatic carbocycles. The van der Waals surface area contributed by atoms with Crippen LogP contribution in [-0.2, 0) is 11.2 Å². The largest absolute Gasteiger partial charge is 0.480 e. The lowest BCUT2D eigenvalue weighted by Crippen LogP contribution is -2.30. The van der Waals surface area contributed by atoms with Crippen LogP contribution in [0.1, 0.15) is 12.0 Å². The number of aliphatic carboxylic acids is 1. The lowest BCUT2D eigenvalue weighted by molar-refractivity contribution is -0.138. The van der Waals surface area contributed by atoms with E-state index in [1.807, 2.05) is 6.07 Å². The zero-order valence-electron chi connectivity index (χ0n) is 8.98. The topological polar surface area (TPSA) is 92.0 Å². The van der Waals surface area contributed by atoms with E-state index >= 15 is 0 Å². The molecular weight excluding hydrogens is 242 g/mol.